The first-order chi connectivity index (χ1) is 19.8. The maximum Gasteiger partial charge on any atom is 0.427 e. The smallest absolute Gasteiger partial charge is 0.427 e. The largest absolute Gasteiger partial charge is 0.494 e. The minimum atomic E-state index is -4.85. The molecule has 2 amide bonds. The lowest BCUT2D eigenvalue weighted by Gasteiger charge is -2.39. The molecule has 2 aliphatic heterocycles. The molecule has 0 aliphatic carbocycles. The lowest BCUT2D eigenvalue weighted by Crippen LogP contribution is -2.50. The third kappa shape index (κ3) is 6.66. The molecular formula is C26H30F4N4O8S. The van der Waals surface area contributed by atoms with Crippen LogP contribution in [-0.4, -0.2) is 58.3 Å². The van der Waals surface area contributed by atoms with Crippen LogP contribution < -0.4 is 29.9 Å². The Morgan fingerprint density at radius 2 is 1.84 bits per heavy atom. The van der Waals surface area contributed by atoms with E-state index >= 15 is 0 Å². The lowest BCUT2D eigenvalue weighted by molar-refractivity contribution is -0.242. The van der Waals surface area contributed by atoms with Gasteiger partial charge in [0, 0.05) is 17.2 Å². The molecular weight excluding hydrogens is 604 g/mol. The zero-order valence-corrected chi connectivity index (χ0v) is 24.5. The summed E-state index contributed by atoms with van der Waals surface area (Å²) in [5.74, 6) is -1.04. The molecule has 43 heavy (non-hydrogen) atoms. The number of sulfonamides is 1. The number of benzene rings is 2. The Bertz CT molecular complexity index is 1520. The number of fused-ring (bicyclic) bond motifs is 1. The quantitative estimate of drug-likeness (QED) is 0.353. The van der Waals surface area contributed by atoms with Crippen molar-refractivity contribution in [3.63, 3.8) is 0 Å². The summed E-state index contributed by atoms with van der Waals surface area (Å²) in [6.07, 6.45) is -8.17. The number of alkyl halides is 3. The monoisotopic (exact) mass is 634 g/mol. The third-order valence-corrected chi connectivity index (χ3v) is 8.72. The van der Waals surface area contributed by atoms with Crippen molar-refractivity contribution in [2.24, 2.45) is 5.41 Å². The molecule has 0 radical (unpaired) electrons. The summed E-state index contributed by atoms with van der Waals surface area (Å²) in [4.78, 5) is 28.3. The van der Waals surface area contributed by atoms with Gasteiger partial charge in [0.25, 0.3) is 10.0 Å². The molecule has 12 nitrogen and oxygen atoms in total. The lowest BCUT2D eigenvalue weighted by atomic mass is 9.83. The molecule has 17 heteroatoms. The minimum Gasteiger partial charge on any atom is -0.494 e. The summed E-state index contributed by atoms with van der Waals surface area (Å²) < 4.78 is 98.1. The summed E-state index contributed by atoms with van der Waals surface area (Å²) in [5, 5.41) is 4.79. The van der Waals surface area contributed by atoms with Gasteiger partial charge in [-0.25, -0.2) is 22.4 Å². The van der Waals surface area contributed by atoms with Crippen molar-refractivity contribution < 1.29 is 54.6 Å². The molecule has 1 saturated heterocycles. The number of hydroxylamine groups is 1. The Balaban J connectivity index is 1.69. The van der Waals surface area contributed by atoms with Crippen molar-refractivity contribution in [3.05, 3.63) is 42.2 Å². The van der Waals surface area contributed by atoms with Gasteiger partial charge in [-0.1, -0.05) is 13.8 Å². The van der Waals surface area contributed by atoms with Crippen LogP contribution in [0, 0.1) is 11.2 Å². The number of hydrogen-bond donors (Lipinski definition) is 3. The van der Waals surface area contributed by atoms with E-state index in [1.807, 2.05) is 0 Å². The van der Waals surface area contributed by atoms with E-state index in [1.54, 1.807) is 13.8 Å². The van der Waals surface area contributed by atoms with Crippen LogP contribution in [0.3, 0.4) is 0 Å². The average Bonchev–Trinajstić information content (AvgIpc) is 3.34. The third-order valence-electron chi connectivity index (χ3n) is 6.95. The van der Waals surface area contributed by atoms with E-state index in [1.165, 1.54) is 25.3 Å². The van der Waals surface area contributed by atoms with Crippen LogP contribution in [0.5, 0.6) is 11.5 Å². The topological polar surface area (TPSA) is 145 Å². The van der Waals surface area contributed by atoms with Gasteiger partial charge < -0.3 is 24.4 Å². The SMILES string of the molecule is COc1cc(S(=O)(=O)N2C[C@@H](CC(C)(C)C3NOC(=O)N3)Oc3ccc(NC(=O)OC(C)(C)C(F)(F)F)cc32)ccc1F. The van der Waals surface area contributed by atoms with E-state index in [2.05, 4.69) is 20.9 Å². The van der Waals surface area contributed by atoms with E-state index in [-0.39, 0.29) is 40.7 Å². The van der Waals surface area contributed by atoms with Crippen molar-refractivity contribution in [3.8, 4) is 11.5 Å². The average molecular weight is 635 g/mol. The Morgan fingerprint density at radius 1 is 1.14 bits per heavy atom. The van der Waals surface area contributed by atoms with Gasteiger partial charge in [0.2, 0.25) is 5.60 Å². The summed E-state index contributed by atoms with van der Waals surface area (Å²) in [7, 11) is -3.26. The molecule has 4 rings (SSSR count). The number of carbonyl (C=O) groups excluding carboxylic acids is 2. The van der Waals surface area contributed by atoms with E-state index < -0.39 is 57.5 Å². The molecule has 2 aromatic carbocycles. The summed E-state index contributed by atoms with van der Waals surface area (Å²) in [6.45, 7) is 4.68. The number of rotatable bonds is 8. The van der Waals surface area contributed by atoms with Crippen molar-refractivity contribution >= 4 is 33.6 Å². The molecule has 2 heterocycles. The highest BCUT2D eigenvalue weighted by Crippen LogP contribution is 2.42. The predicted molar refractivity (Wildman–Crippen MR) is 144 cm³/mol. The molecule has 1 unspecified atom stereocenters. The second-order valence-electron chi connectivity index (χ2n) is 11.1. The standard InChI is InChI=1S/C26H30F4N4O8S/c1-24(2,21-32-23(36)42-33-21)12-15-13-34(43(37,38)16-7-8-17(27)20(11-16)39-5)18-10-14(6-9-19(18)40-15)31-22(35)41-25(3,4)26(28,29)30/h6-11,15,21,33H,12-13H2,1-5H3,(H,31,35)(H,32,36)/t15-,21?/m1/s1. The minimum absolute atomic E-state index is 0.0548. The zero-order chi connectivity index (χ0) is 32.0. The normalized spacial score (nSPS) is 19.1. The Kier molecular flexibility index (Phi) is 8.36. The fourth-order valence-corrected chi connectivity index (χ4v) is 5.95. The van der Waals surface area contributed by atoms with Crippen molar-refractivity contribution in [2.75, 3.05) is 23.3 Å². The number of anilines is 2. The first-order valence-corrected chi connectivity index (χ1v) is 14.2. The molecule has 3 N–H and O–H groups in total. The number of nitrogens with one attached hydrogen (secondary N) is 3. The Morgan fingerprint density at radius 3 is 2.44 bits per heavy atom. The maximum absolute atomic E-state index is 14.1. The number of methoxy groups -OCH3 is 1. The van der Waals surface area contributed by atoms with Crippen molar-refractivity contribution in [1.29, 1.82) is 0 Å². The van der Waals surface area contributed by atoms with Crippen LogP contribution in [0.4, 0.5) is 38.5 Å². The predicted octanol–water partition coefficient (Wildman–Crippen LogP) is 4.67. The highest BCUT2D eigenvalue weighted by atomic mass is 32.2. The van der Waals surface area contributed by atoms with Crippen LogP contribution in [0.1, 0.15) is 34.1 Å². The van der Waals surface area contributed by atoms with Gasteiger partial charge in [-0.15, -0.1) is 5.48 Å². The van der Waals surface area contributed by atoms with Crippen LogP contribution >= 0.6 is 0 Å². The molecule has 1 fully saturated rings. The molecule has 2 atom stereocenters. The molecule has 0 saturated carbocycles. The summed E-state index contributed by atoms with van der Waals surface area (Å²) in [6, 6.07) is 6.82. The van der Waals surface area contributed by atoms with Gasteiger partial charge in [-0.2, -0.15) is 13.2 Å². The molecule has 2 aromatic rings. The first-order valence-electron chi connectivity index (χ1n) is 12.8. The molecule has 0 aromatic heterocycles. The molecule has 236 valence electrons. The number of nitrogens with zero attached hydrogens (tertiary/aromatic N) is 1. The van der Waals surface area contributed by atoms with Crippen LogP contribution in [0.2, 0.25) is 0 Å². The fraction of sp³-hybridized carbons (Fsp3) is 0.462. The zero-order valence-electron chi connectivity index (χ0n) is 23.7. The Hall–Kier alpha value is -3.99. The molecule has 0 bridgehead atoms. The fourth-order valence-electron chi connectivity index (χ4n) is 4.43. The van der Waals surface area contributed by atoms with Gasteiger partial charge in [0.15, 0.2) is 11.6 Å². The summed E-state index contributed by atoms with van der Waals surface area (Å²) in [5.41, 5.74) is -1.09. The van der Waals surface area contributed by atoms with E-state index in [9.17, 15) is 35.6 Å². The van der Waals surface area contributed by atoms with Crippen molar-refractivity contribution in [1.82, 2.24) is 10.8 Å². The summed E-state index contributed by atoms with van der Waals surface area (Å²) >= 11 is 0. The number of carbonyl (C=O) groups is 2. The molecule has 2 aliphatic rings. The van der Waals surface area contributed by atoms with Gasteiger partial charge in [-0.05, 0) is 50.6 Å². The van der Waals surface area contributed by atoms with Gasteiger partial charge in [0.05, 0.1) is 24.2 Å². The number of ether oxygens (including phenoxy) is 3. The second-order valence-corrected chi connectivity index (χ2v) is 12.9. The van der Waals surface area contributed by atoms with E-state index in [0.29, 0.717) is 13.8 Å². The van der Waals surface area contributed by atoms with E-state index in [0.717, 1.165) is 22.5 Å². The first kappa shape index (κ1) is 31.9. The van der Waals surface area contributed by atoms with Crippen molar-refractivity contribution in [2.45, 2.75) is 63.1 Å². The van der Waals surface area contributed by atoms with Crippen LogP contribution in [0.15, 0.2) is 41.3 Å². The maximum atomic E-state index is 14.1. The van der Waals surface area contributed by atoms with Gasteiger partial charge in [0.1, 0.15) is 18.0 Å². The highest BCUT2D eigenvalue weighted by Gasteiger charge is 2.51. The van der Waals surface area contributed by atoms with Crippen LogP contribution in [-0.2, 0) is 19.6 Å². The second kappa shape index (κ2) is 11.3. The van der Waals surface area contributed by atoms with Crippen LogP contribution in [0.25, 0.3) is 0 Å². The van der Waals surface area contributed by atoms with Gasteiger partial charge in [-0.3, -0.25) is 9.62 Å². The van der Waals surface area contributed by atoms with E-state index in [4.69, 9.17) is 14.3 Å². The number of halogens is 4. The number of hydrogen-bond acceptors (Lipinski definition) is 9. The van der Waals surface area contributed by atoms with Gasteiger partial charge >= 0.3 is 18.4 Å². The Labute approximate surface area is 244 Å². The highest BCUT2D eigenvalue weighted by molar-refractivity contribution is 7.92. The molecule has 0 spiro atoms. The number of amides is 2.